The number of cyclic esters (lactones) is 1. The van der Waals surface area contributed by atoms with Crippen molar-refractivity contribution >= 4 is 11.8 Å². The lowest BCUT2D eigenvalue weighted by molar-refractivity contribution is -0.145. The molecule has 0 radical (unpaired) electrons. The van der Waals surface area contributed by atoms with Gasteiger partial charge in [0.2, 0.25) is 11.5 Å². The number of hydrogen-bond donors (Lipinski definition) is 0. The smallest absolute Gasteiger partial charge is 0.378 e. The number of esters is 1. The van der Waals surface area contributed by atoms with Crippen LogP contribution in [0.15, 0.2) is 35.8 Å². The number of carbonyl (C=O) groups is 2. The van der Waals surface area contributed by atoms with Crippen molar-refractivity contribution < 1.29 is 23.8 Å². The number of Topliss-reactive ketones (excluding diaryl/α,β-unsaturated/α-hetero) is 1. The summed E-state index contributed by atoms with van der Waals surface area (Å²) < 4.78 is 15.7. The van der Waals surface area contributed by atoms with Gasteiger partial charge in [-0.1, -0.05) is 24.3 Å². The molecule has 106 valence electrons. The third-order valence-corrected chi connectivity index (χ3v) is 2.80. The quantitative estimate of drug-likeness (QED) is 0.789. The third kappa shape index (κ3) is 2.66. The second kappa shape index (κ2) is 6.23. The van der Waals surface area contributed by atoms with E-state index >= 15 is 0 Å². The molecular formula is C15H16O5. The largest absolute Gasteiger partial charge is 0.486 e. The predicted molar refractivity (Wildman–Crippen MR) is 70.8 cm³/mol. The topological polar surface area (TPSA) is 61.8 Å². The van der Waals surface area contributed by atoms with E-state index in [1.807, 2.05) is 0 Å². The van der Waals surface area contributed by atoms with E-state index in [-0.39, 0.29) is 37.1 Å². The number of benzene rings is 1. The van der Waals surface area contributed by atoms with Gasteiger partial charge in [-0.2, -0.15) is 0 Å². The molecule has 0 amide bonds. The van der Waals surface area contributed by atoms with Crippen molar-refractivity contribution in [2.75, 3.05) is 13.2 Å². The standard InChI is InChI=1S/C15H16O5/c1-3-18-13-12(16)11-8-6-5-7-10(11)9-20-15(17)14(13)19-4-2/h5-8H,3-4,9H2,1-2H3/b14-13-. The van der Waals surface area contributed by atoms with Gasteiger partial charge in [-0.05, 0) is 13.8 Å². The minimum absolute atomic E-state index is 0.0384. The molecule has 0 saturated carbocycles. The summed E-state index contributed by atoms with van der Waals surface area (Å²) in [6.45, 7) is 4.00. The second-order valence-corrected chi connectivity index (χ2v) is 4.09. The van der Waals surface area contributed by atoms with E-state index < -0.39 is 5.97 Å². The molecule has 1 heterocycles. The van der Waals surface area contributed by atoms with Gasteiger partial charge < -0.3 is 14.2 Å². The Bertz CT molecular complexity index is 559. The van der Waals surface area contributed by atoms with Crippen molar-refractivity contribution in [1.82, 2.24) is 0 Å². The normalized spacial score (nSPS) is 18.7. The average molecular weight is 276 g/mol. The van der Waals surface area contributed by atoms with E-state index in [2.05, 4.69) is 0 Å². The second-order valence-electron chi connectivity index (χ2n) is 4.09. The van der Waals surface area contributed by atoms with Gasteiger partial charge in [-0.15, -0.1) is 0 Å². The Balaban J connectivity index is 2.55. The lowest BCUT2D eigenvalue weighted by atomic mass is 10.0. The molecule has 20 heavy (non-hydrogen) atoms. The van der Waals surface area contributed by atoms with Crippen LogP contribution in [0.3, 0.4) is 0 Å². The van der Waals surface area contributed by atoms with Gasteiger partial charge >= 0.3 is 5.97 Å². The highest BCUT2D eigenvalue weighted by Crippen LogP contribution is 2.23. The van der Waals surface area contributed by atoms with E-state index in [1.54, 1.807) is 38.1 Å². The number of carbonyl (C=O) groups excluding carboxylic acids is 2. The molecule has 1 aromatic carbocycles. The summed E-state index contributed by atoms with van der Waals surface area (Å²) in [5.74, 6) is -1.29. The van der Waals surface area contributed by atoms with E-state index in [9.17, 15) is 9.59 Å². The van der Waals surface area contributed by atoms with Crippen molar-refractivity contribution in [3.05, 3.63) is 46.9 Å². The molecule has 0 saturated heterocycles. The molecule has 0 spiro atoms. The monoisotopic (exact) mass is 276 g/mol. The summed E-state index contributed by atoms with van der Waals surface area (Å²) >= 11 is 0. The Morgan fingerprint density at radius 3 is 2.40 bits per heavy atom. The zero-order valence-corrected chi connectivity index (χ0v) is 11.5. The Morgan fingerprint density at radius 2 is 1.70 bits per heavy atom. The van der Waals surface area contributed by atoms with Crippen LogP contribution in [-0.4, -0.2) is 25.0 Å². The zero-order chi connectivity index (χ0) is 14.5. The Hall–Kier alpha value is -2.30. The lowest BCUT2D eigenvalue weighted by Crippen LogP contribution is -2.23. The molecule has 0 unspecified atom stereocenters. The molecule has 0 aliphatic carbocycles. The molecule has 5 nitrogen and oxygen atoms in total. The Labute approximate surface area is 117 Å². The molecule has 2 rings (SSSR count). The number of allylic oxidation sites excluding steroid dienone is 1. The molecule has 0 atom stereocenters. The molecular weight excluding hydrogens is 260 g/mol. The summed E-state index contributed by atoms with van der Waals surface area (Å²) in [6, 6.07) is 6.97. The summed E-state index contributed by atoms with van der Waals surface area (Å²) in [7, 11) is 0. The van der Waals surface area contributed by atoms with Gasteiger partial charge in [0, 0.05) is 11.1 Å². The van der Waals surface area contributed by atoms with Crippen LogP contribution in [-0.2, 0) is 25.6 Å². The molecule has 0 bridgehead atoms. The van der Waals surface area contributed by atoms with Crippen LogP contribution < -0.4 is 0 Å². The first-order chi connectivity index (χ1) is 9.69. The number of fused-ring (bicyclic) bond motifs is 1. The Kier molecular flexibility index (Phi) is 4.40. The molecule has 1 aliphatic rings. The van der Waals surface area contributed by atoms with Crippen LogP contribution >= 0.6 is 0 Å². The summed E-state index contributed by atoms with van der Waals surface area (Å²) in [5, 5.41) is 0. The highest BCUT2D eigenvalue weighted by atomic mass is 16.6. The SMILES string of the molecule is CCO/C1=C(\OCC)C(=O)c2ccccc2COC1=O. The number of ether oxygens (including phenoxy) is 3. The first kappa shape index (κ1) is 14.1. The zero-order valence-electron chi connectivity index (χ0n) is 11.5. The molecule has 0 aromatic heterocycles. The highest BCUT2D eigenvalue weighted by Gasteiger charge is 2.30. The highest BCUT2D eigenvalue weighted by molar-refractivity contribution is 6.12. The van der Waals surface area contributed by atoms with Crippen LogP contribution in [0.1, 0.15) is 29.8 Å². The Morgan fingerprint density at radius 1 is 1.05 bits per heavy atom. The van der Waals surface area contributed by atoms with Gasteiger partial charge in [0.15, 0.2) is 0 Å². The van der Waals surface area contributed by atoms with Gasteiger partial charge in [-0.25, -0.2) is 4.79 Å². The maximum Gasteiger partial charge on any atom is 0.378 e. The van der Waals surface area contributed by atoms with Crippen molar-refractivity contribution in [3.8, 4) is 0 Å². The summed E-state index contributed by atoms with van der Waals surface area (Å²) in [4.78, 5) is 24.5. The van der Waals surface area contributed by atoms with Crippen LogP contribution in [0, 0.1) is 0 Å². The van der Waals surface area contributed by atoms with E-state index in [0.717, 1.165) is 0 Å². The average Bonchev–Trinajstić information content (AvgIpc) is 2.47. The summed E-state index contributed by atoms with van der Waals surface area (Å²) in [6.07, 6.45) is 0. The fourth-order valence-corrected chi connectivity index (χ4v) is 1.94. The van der Waals surface area contributed by atoms with Crippen LogP contribution in [0.25, 0.3) is 0 Å². The first-order valence-electron chi connectivity index (χ1n) is 6.48. The van der Waals surface area contributed by atoms with E-state index in [4.69, 9.17) is 14.2 Å². The number of rotatable bonds is 4. The number of ketones is 1. The van der Waals surface area contributed by atoms with Crippen LogP contribution in [0.5, 0.6) is 0 Å². The minimum Gasteiger partial charge on any atom is -0.486 e. The van der Waals surface area contributed by atoms with Gasteiger partial charge in [0.05, 0.1) is 13.2 Å². The van der Waals surface area contributed by atoms with E-state index in [0.29, 0.717) is 11.1 Å². The molecule has 0 fully saturated rings. The maximum absolute atomic E-state index is 12.5. The van der Waals surface area contributed by atoms with E-state index in [1.165, 1.54) is 0 Å². The van der Waals surface area contributed by atoms with Crippen LogP contribution in [0.2, 0.25) is 0 Å². The van der Waals surface area contributed by atoms with Crippen molar-refractivity contribution in [2.24, 2.45) is 0 Å². The molecule has 0 N–H and O–H groups in total. The fourth-order valence-electron chi connectivity index (χ4n) is 1.94. The molecule has 1 aliphatic heterocycles. The van der Waals surface area contributed by atoms with Crippen molar-refractivity contribution in [2.45, 2.75) is 20.5 Å². The minimum atomic E-state index is -0.682. The van der Waals surface area contributed by atoms with Crippen molar-refractivity contribution in [3.63, 3.8) is 0 Å². The fraction of sp³-hybridized carbons (Fsp3) is 0.333. The van der Waals surface area contributed by atoms with Gasteiger partial charge in [0.25, 0.3) is 5.76 Å². The first-order valence-corrected chi connectivity index (χ1v) is 6.48. The third-order valence-electron chi connectivity index (χ3n) is 2.80. The number of hydrogen-bond acceptors (Lipinski definition) is 5. The van der Waals surface area contributed by atoms with Gasteiger partial charge in [-0.3, -0.25) is 4.79 Å². The molecule has 1 aromatic rings. The van der Waals surface area contributed by atoms with Gasteiger partial charge in [0.1, 0.15) is 6.61 Å². The molecule has 5 heteroatoms. The van der Waals surface area contributed by atoms with Crippen LogP contribution in [0.4, 0.5) is 0 Å². The lowest BCUT2D eigenvalue weighted by Gasteiger charge is -2.18. The maximum atomic E-state index is 12.5. The van der Waals surface area contributed by atoms with Crippen molar-refractivity contribution in [1.29, 1.82) is 0 Å². The summed E-state index contributed by atoms with van der Waals surface area (Å²) in [5.41, 5.74) is 1.11. The predicted octanol–water partition coefficient (Wildman–Crippen LogP) is 2.21.